The van der Waals surface area contributed by atoms with Crippen molar-refractivity contribution in [2.24, 2.45) is 0 Å². The molecule has 2 rings (SSSR count). The number of ether oxygens (including phenoxy) is 1. The van der Waals surface area contributed by atoms with Crippen LogP contribution in [0.2, 0.25) is 0 Å². The van der Waals surface area contributed by atoms with E-state index in [0.29, 0.717) is 16.3 Å². The first-order valence-electron chi connectivity index (χ1n) is 6.31. The van der Waals surface area contributed by atoms with E-state index in [2.05, 4.69) is 5.32 Å². The van der Waals surface area contributed by atoms with Crippen molar-refractivity contribution < 1.29 is 17.9 Å². The van der Waals surface area contributed by atoms with Crippen molar-refractivity contribution in [2.45, 2.75) is 4.90 Å². The van der Waals surface area contributed by atoms with E-state index in [0.717, 1.165) is 4.31 Å². The summed E-state index contributed by atoms with van der Waals surface area (Å²) in [4.78, 5) is 12.7. The van der Waals surface area contributed by atoms with E-state index in [1.165, 1.54) is 50.7 Å². The molecule has 0 aliphatic rings. The summed E-state index contributed by atoms with van der Waals surface area (Å²) in [5.41, 5.74) is 0.309. The number of amides is 1. The standard InChI is InChI=1S/C14H16N2O4S2/c1-16(2)22(18,19)10-6-7-12(20-3)11(9-10)15-14(17)13-5-4-8-21-13/h4-9H,1-3H3,(H,15,17). The minimum Gasteiger partial charge on any atom is -0.495 e. The lowest BCUT2D eigenvalue weighted by Gasteiger charge is -2.15. The van der Waals surface area contributed by atoms with Gasteiger partial charge in [0.15, 0.2) is 0 Å². The number of carbonyl (C=O) groups excluding carboxylic acids is 1. The van der Waals surface area contributed by atoms with Gasteiger partial charge in [0.05, 0.1) is 22.6 Å². The van der Waals surface area contributed by atoms with Gasteiger partial charge in [-0.2, -0.15) is 0 Å². The predicted octanol–water partition coefficient (Wildman–Crippen LogP) is 2.26. The predicted molar refractivity (Wildman–Crippen MR) is 86.1 cm³/mol. The van der Waals surface area contributed by atoms with Gasteiger partial charge in [0.2, 0.25) is 10.0 Å². The first-order chi connectivity index (χ1) is 10.4. The second-order valence-corrected chi connectivity index (χ2v) is 7.68. The summed E-state index contributed by atoms with van der Waals surface area (Å²) in [7, 11) is 0.765. The number of methoxy groups -OCH3 is 1. The van der Waals surface area contributed by atoms with Crippen molar-refractivity contribution in [2.75, 3.05) is 26.5 Å². The summed E-state index contributed by atoms with van der Waals surface area (Å²) in [6, 6.07) is 7.80. The van der Waals surface area contributed by atoms with E-state index in [9.17, 15) is 13.2 Å². The maximum absolute atomic E-state index is 12.2. The molecule has 1 amide bonds. The van der Waals surface area contributed by atoms with Crippen LogP contribution in [0.15, 0.2) is 40.6 Å². The van der Waals surface area contributed by atoms with Gasteiger partial charge in [-0.25, -0.2) is 12.7 Å². The van der Waals surface area contributed by atoms with Gasteiger partial charge in [0.1, 0.15) is 5.75 Å². The van der Waals surface area contributed by atoms with E-state index in [1.54, 1.807) is 17.5 Å². The number of anilines is 1. The molecule has 0 aliphatic heterocycles. The van der Waals surface area contributed by atoms with Gasteiger partial charge in [-0.15, -0.1) is 11.3 Å². The van der Waals surface area contributed by atoms with E-state index in [1.807, 2.05) is 0 Å². The van der Waals surface area contributed by atoms with Gasteiger partial charge < -0.3 is 10.1 Å². The van der Waals surface area contributed by atoms with Crippen molar-refractivity contribution in [1.82, 2.24) is 4.31 Å². The zero-order chi connectivity index (χ0) is 16.3. The maximum Gasteiger partial charge on any atom is 0.265 e. The molecule has 6 nitrogen and oxygen atoms in total. The quantitative estimate of drug-likeness (QED) is 0.906. The second kappa shape index (κ2) is 6.47. The highest BCUT2D eigenvalue weighted by molar-refractivity contribution is 7.89. The van der Waals surface area contributed by atoms with Gasteiger partial charge in [-0.05, 0) is 29.6 Å². The summed E-state index contributed by atoms with van der Waals surface area (Å²) in [5, 5.41) is 4.47. The number of hydrogen-bond donors (Lipinski definition) is 1. The molecule has 0 spiro atoms. The number of nitrogens with one attached hydrogen (secondary N) is 1. The van der Waals surface area contributed by atoms with Crippen LogP contribution in [0.3, 0.4) is 0 Å². The molecule has 0 saturated carbocycles. The van der Waals surface area contributed by atoms with Crippen molar-refractivity contribution in [3.8, 4) is 5.75 Å². The Morgan fingerprint density at radius 1 is 1.27 bits per heavy atom. The average Bonchev–Trinajstić information content (AvgIpc) is 3.01. The molecule has 118 valence electrons. The van der Waals surface area contributed by atoms with Crippen LogP contribution in [-0.4, -0.2) is 39.8 Å². The van der Waals surface area contributed by atoms with Crippen LogP contribution in [0.1, 0.15) is 9.67 Å². The third-order valence-corrected chi connectivity index (χ3v) is 5.62. The maximum atomic E-state index is 12.2. The van der Waals surface area contributed by atoms with Crippen LogP contribution < -0.4 is 10.1 Å². The van der Waals surface area contributed by atoms with Crippen LogP contribution in [0.25, 0.3) is 0 Å². The lowest BCUT2D eigenvalue weighted by Crippen LogP contribution is -2.22. The molecule has 0 radical (unpaired) electrons. The number of rotatable bonds is 5. The normalized spacial score (nSPS) is 11.5. The first-order valence-corrected chi connectivity index (χ1v) is 8.63. The van der Waals surface area contributed by atoms with E-state index < -0.39 is 10.0 Å². The largest absolute Gasteiger partial charge is 0.495 e. The summed E-state index contributed by atoms with van der Waals surface area (Å²) < 4.78 is 30.6. The number of carbonyl (C=O) groups is 1. The molecule has 0 saturated heterocycles. The molecule has 0 aliphatic carbocycles. The molecule has 1 aromatic heterocycles. The van der Waals surface area contributed by atoms with Crippen molar-refractivity contribution in [3.63, 3.8) is 0 Å². The molecule has 0 unspecified atom stereocenters. The van der Waals surface area contributed by atoms with E-state index in [4.69, 9.17) is 4.74 Å². The number of sulfonamides is 1. The Hall–Kier alpha value is -1.90. The Balaban J connectivity index is 2.39. The highest BCUT2D eigenvalue weighted by Crippen LogP contribution is 2.29. The molecular weight excluding hydrogens is 324 g/mol. The summed E-state index contributed by atoms with van der Waals surface area (Å²) in [6.07, 6.45) is 0. The Bertz CT molecular complexity index is 768. The van der Waals surface area contributed by atoms with Gasteiger partial charge in [-0.3, -0.25) is 4.79 Å². The molecule has 1 heterocycles. The first kappa shape index (κ1) is 16.5. The molecule has 8 heteroatoms. The highest BCUT2D eigenvalue weighted by Gasteiger charge is 2.20. The molecule has 0 bridgehead atoms. The second-order valence-electron chi connectivity index (χ2n) is 4.58. The van der Waals surface area contributed by atoms with Crippen LogP contribution >= 0.6 is 11.3 Å². The lowest BCUT2D eigenvalue weighted by atomic mass is 10.3. The summed E-state index contributed by atoms with van der Waals surface area (Å²) in [6.45, 7) is 0. The smallest absolute Gasteiger partial charge is 0.265 e. The van der Waals surface area contributed by atoms with Crippen LogP contribution in [0.4, 0.5) is 5.69 Å². The molecule has 0 fully saturated rings. The minimum atomic E-state index is -3.58. The molecule has 1 N–H and O–H groups in total. The Morgan fingerprint density at radius 2 is 2.00 bits per heavy atom. The fourth-order valence-corrected chi connectivity index (χ4v) is 3.30. The van der Waals surface area contributed by atoms with Crippen molar-refractivity contribution >= 4 is 33.0 Å². The summed E-state index contributed by atoms with van der Waals surface area (Å²) in [5.74, 6) is 0.0790. The zero-order valence-corrected chi connectivity index (χ0v) is 14.0. The van der Waals surface area contributed by atoms with Crippen molar-refractivity contribution in [3.05, 3.63) is 40.6 Å². The zero-order valence-electron chi connectivity index (χ0n) is 12.4. The number of hydrogen-bond acceptors (Lipinski definition) is 5. The third kappa shape index (κ3) is 3.29. The van der Waals surface area contributed by atoms with Crippen LogP contribution in [0.5, 0.6) is 5.75 Å². The Labute approximate surface area is 133 Å². The molecule has 1 aromatic carbocycles. The van der Waals surface area contributed by atoms with Gasteiger partial charge in [0, 0.05) is 14.1 Å². The molecule has 22 heavy (non-hydrogen) atoms. The fraction of sp³-hybridized carbons (Fsp3) is 0.214. The lowest BCUT2D eigenvalue weighted by molar-refractivity contribution is 0.103. The Kier molecular flexibility index (Phi) is 4.84. The third-order valence-electron chi connectivity index (χ3n) is 2.94. The average molecular weight is 340 g/mol. The fourth-order valence-electron chi connectivity index (χ4n) is 1.75. The highest BCUT2D eigenvalue weighted by atomic mass is 32.2. The number of thiophene rings is 1. The summed E-state index contributed by atoms with van der Waals surface area (Å²) >= 11 is 1.30. The van der Waals surface area contributed by atoms with E-state index >= 15 is 0 Å². The van der Waals surface area contributed by atoms with Crippen LogP contribution in [0, 0.1) is 0 Å². The van der Waals surface area contributed by atoms with Crippen LogP contribution in [-0.2, 0) is 10.0 Å². The SMILES string of the molecule is COc1ccc(S(=O)(=O)N(C)C)cc1NC(=O)c1cccs1. The molecule has 0 atom stereocenters. The number of benzene rings is 1. The minimum absolute atomic E-state index is 0.0831. The molecular formula is C14H16N2O4S2. The monoisotopic (exact) mass is 340 g/mol. The topological polar surface area (TPSA) is 75.7 Å². The van der Waals surface area contributed by atoms with Gasteiger partial charge >= 0.3 is 0 Å². The number of nitrogens with zero attached hydrogens (tertiary/aromatic N) is 1. The Morgan fingerprint density at radius 3 is 2.55 bits per heavy atom. The van der Waals surface area contributed by atoms with E-state index in [-0.39, 0.29) is 10.8 Å². The van der Waals surface area contributed by atoms with Crippen molar-refractivity contribution in [1.29, 1.82) is 0 Å². The molecule has 2 aromatic rings. The van der Waals surface area contributed by atoms with Gasteiger partial charge in [0.25, 0.3) is 5.91 Å². The van der Waals surface area contributed by atoms with Gasteiger partial charge in [-0.1, -0.05) is 6.07 Å².